The predicted molar refractivity (Wildman–Crippen MR) is 85.6 cm³/mol. The number of rotatable bonds is 2. The average molecular weight is 305 g/mol. The van der Waals surface area contributed by atoms with E-state index in [1.54, 1.807) is 30.3 Å². The van der Waals surface area contributed by atoms with Crippen LogP contribution in [0, 0.1) is 0 Å². The van der Waals surface area contributed by atoms with Crippen molar-refractivity contribution in [1.82, 2.24) is 10.2 Å². The van der Waals surface area contributed by atoms with E-state index in [0.29, 0.717) is 16.8 Å². The van der Waals surface area contributed by atoms with Crippen LogP contribution >= 0.6 is 0 Å². The van der Waals surface area contributed by atoms with Crippen molar-refractivity contribution in [1.29, 1.82) is 0 Å². The minimum atomic E-state index is -0.528. The van der Waals surface area contributed by atoms with Crippen molar-refractivity contribution in [2.24, 2.45) is 0 Å². The van der Waals surface area contributed by atoms with Gasteiger partial charge < -0.3 is 14.6 Å². The fraction of sp³-hybridized carbons (Fsp3) is 0. The fourth-order valence-electron chi connectivity index (χ4n) is 2.34. The smallest absolute Gasteiger partial charge is 0.349 e. The van der Waals surface area contributed by atoms with Crippen LogP contribution in [0.3, 0.4) is 0 Å². The highest BCUT2D eigenvalue weighted by molar-refractivity contribution is 5.80. The first-order valence-electron chi connectivity index (χ1n) is 6.94. The molecule has 0 spiro atoms. The molecule has 4 aromatic rings. The van der Waals surface area contributed by atoms with E-state index in [9.17, 15) is 4.79 Å². The number of anilines is 1. The molecule has 6 nitrogen and oxygen atoms in total. The topological polar surface area (TPSA) is 95.1 Å². The maximum absolute atomic E-state index is 12.1. The lowest BCUT2D eigenvalue weighted by atomic mass is 10.2. The SMILES string of the molecule is Nc1ccccc1-c1nnc(-c2cc3ccccc3oc2=O)o1. The van der Waals surface area contributed by atoms with Crippen molar-refractivity contribution in [3.8, 4) is 22.9 Å². The van der Waals surface area contributed by atoms with Crippen LogP contribution in [0.2, 0.25) is 0 Å². The summed E-state index contributed by atoms with van der Waals surface area (Å²) in [5.74, 6) is 0.355. The Hall–Kier alpha value is -3.41. The summed E-state index contributed by atoms with van der Waals surface area (Å²) >= 11 is 0. The van der Waals surface area contributed by atoms with E-state index < -0.39 is 5.63 Å². The van der Waals surface area contributed by atoms with Crippen LogP contribution in [0.4, 0.5) is 5.69 Å². The zero-order valence-corrected chi connectivity index (χ0v) is 11.9. The Morgan fingerprint density at radius 3 is 2.35 bits per heavy atom. The first-order chi connectivity index (χ1) is 11.2. The number of nitrogens with two attached hydrogens (primary N) is 1. The van der Waals surface area contributed by atoms with Crippen molar-refractivity contribution < 1.29 is 8.83 Å². The minimum absolute atomic E-state index is 0.0998. The number of hydrogen-bond donors (Lipinski definition) is 1. The van der Waals surface area contributed by atoms with Gasteiger partial charge in [-0.1, -0.05) is 30.3 Å². The highest BCUT2D eigenvalue weighted by atomic mass is 16.4. The molecule has 0 aliphatic carbocycles. The van der Waals surface area contributed by atoms with Gasteiger partial charge in [0, 0.05) is 11.1 Å². The molecule has 0 amide bonds. The van der Waals surface area contributed by atoms with Gasteiger partial charge in [-0.15, -0.1) is 10.2 Å². The molecule has 0 bridgehead atoms. The molecule has 2 heterocycles. The number of fused-ring (bicyclic) bond motifs is 1. The Balaban J connectivity index is 1.85. The van der Waals surface area contributed by atoms with Crippen LogP contribution in [-0.4, -0.2) is 10.2 Å². The maximum Gasteiger partial charge on any atom is 0.349 e. The van der Waals surface area contributed by atoms with Gasteiger partial charge in [-0.3, -0.25) is 0 Å². The standard InChI is InChI=1S/C17H11N3O3/c18-13-7-3-2-6-11(13)15-19-20-16(23-15)12-9-10-5-1-4-8-14(10)22-17(12)21/h1-9H,18H2. The van der Waals surface area contributed by atoms with E-state index >= 15 is 0 Å². The van der Waals surface area contributed by atoms with Crippen molar-refractivity contribution in [2.75, 3.05) is 5.73 Å². The lowest BCUT2D eigenvalue weighted by Gasteiger charge is -1.99. The molecule has 0 saturated heterocycles. The third kappa shape index (κ3) is 2.26. The van der Waals surface area contributed by atoms with E-state index in [-0.39, 0.29) is 17.3 Å². The Bertz CT molecular complexity index is 1070. The Morgan fingerprint density at radius 1 is 0.826 bits per heavy atom. The summed E-state index contributed by atoms with van der Waals surface area (Å²) in [5.41, 5.74) is 7.24. The van der Waals surface area contributed by atoms with Crippen molar-refractivity contribution >= 4 is 16.7 Å². The van der Waals surface area contributed by atoms with E-state index in [2.05, 4.69) is 10.2 Å². The molecule has 112 valence electrons. The molecular weight excluding hydrogens is 294 g/mol. The molecule has 2 aromatic heterocycles. The monoisotopic (exact) mass is 305 g/mol. The van der Waals surface area contributed by atoms with E-state index in [0.717, 1.165) is 5.39 Å². The molecule has 23 heavy (non-hydrogen) atoms. The van der Waals surface area contributed by atoms with Gasteiger partial charge in [0.05, 0.1) is 5.56 Å². The summed E-state index contributed by atoms with van der Waals surface area (Å²) in [6.45, 7) is 0. The largest absolute Gasteiger partial charge is 0.422 e. The Kier molecular flexibility index (Phi) is 2.94. The predicted octanol–water partition coefficient (Wildman–Crippen LogP) is 3.09. The molecule has 0 fully saturated rings. The van der Waals surface area contributed by atoms with Crippen LogP contribution in [0.25, 0.3) is 33.9 Å². The second-order valence-electron chi connectivity index (χ2n) is 4.98. The fourth-order valence-corrected chi connectivity index (χ4v) is 2.34. The quantitative estimate of drug-likeness (QED) is 0.451. The third-order valence-corrected chi connectivity index (χ3v) is 3.49. The lowest BCUT2D eigenvalue weighted by Crippen LogP contribution is -2.02. The second kappa shape index (κ2) is 5.10. The van der Waals surface area contributed by atoms with Gasteiger partial charge in [-0.2, -0.15) is 0 Å². The van der Waals surface area contributed by atoms with Gasteiger partial charge in [-0.05, 0) is 24.3 Å². The number of aromatic nitrogens is 2. The molecule has 0 radical (unpaired) electrons. The van der Waals surface area contributed by atoms with Crippen LogP contribution in [0.15, 0.2) is 68.2 Å². The van der Waals surface area contributed by atoms with E-state index in [4.69, 9.17) is 14.6 Å². The maximum atomic E-state index is 12.1. The van der Waals surface area contributed by atoms with Crippen LogP contribution < -0.4 is 11.4 Å². The number of benzene rings is 2. The zero-order valence-electron chi connectivity index (χ0n) is 11.9. The minimum Gasteiger partial charge on any atom is -0.422 e. The summed E-state index contributed by atoms with van der Waals surface area (Å²) in [6.07, 6.45) is 0. The number of hydrogen-bond acceptors (Lipinski definition) is 6. The first-order valence-corrected chi connectivity index (χ1v) is 6.94. The summed E-state index contributed by atoms with van der Waals surface area (Å²) in [5, 5.41) is 8.69. The number of nitrogens with zero attached hydrogens (tertiary/aromatic N) is 2. The van der Waals surface area contributed by atoms with E-state index in [1.807, 2.05) is 24.3 Å². The van der Waals surface area contributed by atoms with Crippen LogP contribution in [-0.2, 0) is 0 Å². The Labute approximate surface area is 130 Å². The average Bonchev–Trinajstić information content (AvgIpc) is 3.04. The second-order valence-corrected chi connectivity index (χ2v) is 4.98. The molecule has 2 aromatic carbocycles. The first kappa shape index (κ1) is 13.3. The summed E-state index contributed by atoms with van der Waals surface area (Å²) in [7, 11) is 0. The molecule has 0 saturated carbocycles. The van der Waals surface area contributed by atoms with Crippen molar-refractivity contribution in [3.05, 3.63) is 65.0 Å². The number of nitrogen functional groups attached to an aromatic ring is 1. The Morgan fingerprint density at radius 2 is 1.52 bits per heavy atom. The third-order valence-electron chi connectivity index (χ3n) is 3.49. The van der Waals surface area contributed by atoms with Gasteiger partial charge in [-0.25, -0.2) is 4.79 Å². The van der Waals surface area contributed by atoms with Gasteiger partial charge in [0.1, 0.15) is 11.1 Å². The van der Waals surface area contributed by atoms with Gasteiger partial charge in [0.2, 0.25) is 5.89 Å². The van der Waals surface area contributed by atoms with Gasteiger partial charge >= 0.3 is 5.63 Å². The molecule has 0 aliphatic heterocycles. The van der Waals surface area contributed by atoms with Gasteiger partial charge in [0.15, 0.2) is 0 Å². The summed E-state index contributed by atoms with van der Waals surface area (Å²) in [4.78, 5) is 12.1. The molecule has 0 unspecified atom stereocenters. The molecule has 4 rings (SSSR count). The van der Waals surface area contributed by atoms with E-state index in [1.165, 1.54) is 0 Å². The highest BCUT2D eigenvalue weighted by Gasteiger charge is 2.16. The molecule has 0 aliphatic rings. The van der Waals surface area contributed by atoms with Crippen molar-refractivity contribution in [3.63, 3.8) is 0 Å². The molecule has 0 atom stereocenters. The lowest BCUT2D eigenvalue weighted by molar-refractivity contribution is 0.547. The highest BCUT2D eigenvalue weighted by Crippen LogP contribution is 2.27. The molecular formula is C17H11N3O3. The van der Waals surface area contributed by atoms with Crippen LogP contribution in [0.1, 0.15) is 0 Å². The zero-order chi connectivity index (χ0) is 15.8. The summed E-state index contributed by atoms with van der Waals surface area (Å²) in [6, 6.07) is 16.0. The van der Waals surface area contributed by atoms with Crippen LogP contribution in [0.5, 0.6) is 0 Å². The normalized spacial score (nSPS) is 11.0. The van der Waals surface area contributed by atoms with Gasteiger partial charge in [0.25, 0.3) is 5.89 Å². The number of para-hydroxylation sites is 2. The molecule has 6 heteroatoms. The van der Waals surface area contributed by atoms with Crippen molar-refractivity contribution in [2.45, 2.75) is 0 Å². The molecule has 2 N–H and O–H groups in total. The summed E-state index contributed by atoms with van der Waals surface area (Å²) < 4.78 is 10.9.